The van der Waals surface area contributed by atoms with Crippen LogP contribution in [-0.4, -0.2) is 61.8 Å². The van der Waals surface area contributed by atoms with Gasteiger partial charge in [0.25, 0.3) is 0 Å². The number of rotatable bonds is 12. The van der Waals surface area contributed by atoms with Crippen molar-refractivity contribution in [1.82, 2.24) is 10.2 Å². The largest absolute Gasteiger partial charge is 0.491 e. The maximum Gasteiger partial charge on any atom is 0.222 e. The number of nitrogens with one attached hydrogen (secondary N) is 1. The van der Waals surface area contributed by atoms with Crippen molar-refractivity contribution in [2.45, 2.75) is 64.2 Å². The molecule has 2 heterocycles. The Hall–Kier alpha value is -2.28. The first-order valence-corrected chi connectivity index (χ1v) is 12.8. The maximum absolute atomic E-state index is 13.2. The van der Waals surface area contributed by atoms with Crippen LogP contribution < -0.4 is 10.1 Å². The second-order valence-corrected chi connectivity index (χ2v) is 9.79. The Labute approximate surface area is 202 Å². The molecule has 0 aliphatic carbocycles. The van der Waals surface area contributed by atoms with Crippen molar-refractivity contribution in [1.29, 1.82) is 0 Å². The summed E-state index contributed by atoms with van der Waals surface area (Å²) >= 11 is 0. The van der Waals surface area contributed by atoms with E-state index < -0.39 is 6.67 Å². The summed E-state index contributed by atoms with van der Waals surface area (Å²) in [5.74, 6) is 1.15. The van der Waals surface area contributed by atoms with Crippen molar-refractivity contribution in [3.8, 4) is 5.75 Å². The zero-order chi connectivity index (χ0) is 24.3. The molecule has 1 aromatic carbocycles. The number of carbonyl (C=O) groups excluding carboxylic acids is 3. The van der Waals surface area contributed by atoms with Gasteiger partial charge in [-0.3, -0.25) is 9.59 Å². The molecule has 2 atom stereocenters. The lowest BCUT2D eigenvalue weighted by molar-refractivity contribution is -0.135. The number of carbonyl (C=O) groups is 3. The number of piperidine rings is 2. The van der Waals surface area contributed by atoms with Crippen LogP contribution in [0, 0.1) is 11.8 Å². The fourth-order valence-corrected chi connectivity index (χ4v) is 5.18. The van der Waals surface area contributed by atoms with Gasteiger partial charge in [-0.05, 0) is 81.6 Å². The summed E-state index contributed by atoms with van der Waals surface area (Å²) < 4.78 is 17.6. The Bertz CT molecular complexity index is 807. The van der Waals surface area contributed by atoms with E-state index in [1.54, 1.807) is 19.1 Å². The molecule has 0 spiro atoms. The molecule has 0 aromatic heterocycles. The van der Waals surface area contributed by atoms with E-state index in [1.807, 2.05) is 17.0 Å². The van der Waals surface area contributed by atoms with E-state index >= 15 is 0 Å². The van der Waals surface area contributed by atoms with E-state index in [0.717, 1.165) is 57.3 Å². The second-order valence-electron chi connectivity index (χ2n) is 9.79. The normalized spacial score (nSPS) is 20.1. The molecular formula is C27H39FN2O4. The Balaban J connectivity index is 1.55. The van der Waals surface area contributed by atoms with E-state index in [1.165, 1.54) is 0 Å². The third-order valence-electron chi connectivity index (χ3n) is 7.13. The average molecular weight is 475 g/mol. The molecule has 2 aliphatic heterocycles. The Morgan fingerprint density at radius 3 is 2.53 bits per heavy atom. The summed E-state index contributed by atoms with van der Waals surface area (Å²) in [5, 5.41) is 3.36. The summed E-state index contributed by atoms with van der Waals surface area (Å²) in [4.78, 5) is 39.8. The SMILES string of the molecule is CC(=O)C[C@H](CC(=O)[C@@H]1CCCN(C(=O)CCC2CCNCC2)C1)c1ccc(OCCF)cc1. The first-order chi connectivity index (χ1) is 16.5. The number of ether oxygens (including phenoxy) is 1. The molecule has 3 rings (SSSR count). The minimum Gasteiger partial charge on any atom is -0.491 e. The van der Waals surface area contributed by atoms with Crippen molar-refractivity contribution >= 4 is 17.5 Å². The Kier molecular flexibility index (Phi) is 10.5. The van der Waals surface area contributed by atoms with Gasteiger partial charge in [0.1, 0.15) is 30.6 Å². The molecular weight excluding hydrogens is 435 g/mol. The van der Waals surface area contributed by atoms with Gasteiger partial charge in [-0.25, -0.2) is 4.39 Å². The molecule has 0 bridgehead atoms. The van der Waals surface area contributed by atoms with Crippen molar-refractivity contribution in [3.05, 3.63) is 29.8 Å². The maximum atomic E-state index is 13.2. The van der Waals surface area contributed by atoms with Gasteiger partial charge >= 0.3 is 0 Å². The zero-order valence-electron chi connectivity index (χ0n) is 20.4. The van der Waals surface area contributed by atoms with E-state index in [4.69, 9.17) is 4.74 Å². The molecule has 1 amide bonds. The predicted molar refractivity (Wildman–Crippen MR) is 130 cm³/mol. The molecule has 188 valence electrons. The first-order valence-electron chi connectivity index (χ1n) is 12.8. The van der Waals surface area contributed by atoms with Crippen molar-refractivity contribution in [2.24, 2.45) is 11.8 Å². The quantitative estimate of drug-likeness (QED) is 0.494. The molecule has 2 aliphatic rings. The fraction of sp³-hybridized carbons (Fsp3) is 0.667. The minimum atomic E-state index is -0.553. The summed E-state index contributed by atoms with van der Waals surface area (Å²) in [6.07, 6.45) is 5.97. The molecule has 7 heteroatoms. The number of hydrogen-bond donors (Lipinski definition) is 1. The van der Waals surface area contributed by atoms with Crippen LogP contribution in [0.25, 0.3) is 0 Å². The lowest BCUT2D eigenvalue weighted by Crippen LogP contribution is -2.42. The zero-order valence-corrected chi connectivity index (χ0v) is 20.4. The van der Waals surface area contributed by atoms with Gasteiger partial charge in [-0.1, -0.05) is 12.1 Å². The number of amides is 1. The highest BCUT2D eigenvalue weighted by atomic mass is 19.1. The number of alkyl halides is 1. The molecule has 2 fully saturated rings. The van der Waals surface area contributed by atoms with Crippen LogP contribution in [0.1, 0.15) is 69.8 Å². The smallest absolute Gasteiger partial charge is 0.222 e. The third-order valence-corrected chi connectivity index (χ3v) is 7.13. The third kappa shape index (κ3) is 8.19. The van der Waals surface area contributed by atoms with Gasteiger partial charge < -0.3 is 19.7 Å². The van der Waals surface area contributed by atoms with Crippen molar-refractivity contribution in [3.63, 3.8) is 0 Å². The van der Waals surface area contributed by atoms with Crippen LogP contribution in [-0.2, 0) is 14.4 Å². The molecule has 1 aromatic rings. The van der Waals surface area contributed by atoms with Crippen LogP contribution in [0.3, 0.4) is 0 Å². The number of Topliss-reactive ketones (excluding diaryl/α,β-unsaturated/α-hetero) is 2. The minimum absolute atomic E-state index is 0.00344. The van der Waals surface area contributed by atoms with Crippen LogP contribution in [0.2, 0.25) is 0 Å². The number of nitrogens with zero attached hydrogens (tertiary/aromatic N) is 1. The van der Waals surface area contributed by atoms with Gasteiger partial charge in [0.05, 0.1) is 0 Å². The molecule has 6 nitrogen and oxygen atoms in total. The van der Waals surface area contributed by atoms with E-state index in [9.17, 15) is 18.8 Å². The molecule has 0 saturated carbocycles. The molecule has 0 unspecified atom stereocenters. The summed E-state index contributed by atoms with van der Waals surface area (Å²) in [5.41, 5.74) is 0.905. The van der Waals surface area contributed by atoms with Crippen LogP contribution in [0.15, 0.2) is 24.3 Å². The standard InChI is InChI=1S/C27H39FN2O4/c1-20(31)17-24(22-5-7-25(8-6-22)34-16-12-28)18-26(32)23-3-2-15-30(19-23)27(33)9-4-21-10-13-29-14-11-21/h5-8,21,23-24,29H,2-4,9-19H2,1H3/t23-,24-/m1/s1. The summed E-state index contributed by atoms with van der Waals surface area (Å²) in [7, 11) is 0. The number of halogens is 1. The fourth-order valence-electron chi connectivity index (χ4n) is 5.18. The highest BCUT2D eigenvalue weighted by Gasteiger charge is 2.30. The van der Waals surface area contributed by atoms with Crippen LogP contribution in [0.4, 0.5) is 4.39 Å². The highest BCUT2D eigenvalue weighted by molar-refractivity contribution is 5.85. The lowest BCUT2D eigenvalue weighted by atomic mass is 9.83. The number of ketones is 2. The molecule has 0 radical (unpaired) electrons. The predicted octanol–water partition coefficient (Wildman–Crippen LogP) is 4.08. The number of likely N-dealkylation sites (tertiary alicyclic amines) is 1. The van der Waals surface area contributed by atoms with Gasteiger partial charge in [-0.15, -0.1) is 0 Å². The van der Waals surface area contributed by atoms with Gasteiger partial charge in [0.2, 0.25) is 5.91 Å². The van der Waals surface area contributed by atoms with E-state index in [2.05, 4.69) is 5.32 Å². The summed E-state index contributed by atoms with van der Waals surface area (Å²) in [6.45, 7) is 4.28. The van der Waals surface area contributed by atoms with Crippen molar-refractivity contribution in [2.75, 3.05) is 39.5 Å². The Morgan fingerprint density at radius 1 is 1.12 bits per heavy atom. The highest BCUT2D eigenvalue weighted by Crippen LogP contribution is 2.30. The van der Waals surface area contributed by atoms with E-state index in [-0.39, 0.29) is 42.3 Å². The molecule has 2 saturated heterocycles. The number of hydrogen-bond acceptors (Lipinski definition) is 5. The average Bonchev–Trinajstić information content (AvgIpc) is 2.86. The molecule has 34 heavy (non-hydrogen) atoms. The van der Waals surface area contributed by atoms with Gasteiger partial charge in [-0.2, -0.15) is 0 Å². The summed E-state index contributed by atoms with van der Waals surface area (Å²) in [6, 6.07) is 7.22. The van der Waals surface area contributed by atoms with Gasteiger partial charge in [0.15, 0.2) is 0 Å². The van der Waals surface area contributed by atoms with Crippen molar-refractivity contribution < 1.29 is 23.5 Å². The van der Waals surface area contributed by atoms with Crippen LogP contribution >= 0.6 is 0 Å². The monoisotopic (exact) mass is 474 g/mol. The number of benzene rings is 1. The first kappa shape index (κ1) is 26.3. The Morgan fingerprint density at radius 2 is 1.85 bits per heavy atom. The van der Waals surface area contributed by atoms with E-state index in [0.29, 0.717) is 31.1 Å². The van der Waals surface area contributed by atoms with Gasteiger partial charge in [0, 0.05) is 38.3 Å². The molecule has 1 N–H and O–H groups in total. The lowest BCUT2D eigenvalue weighted by Gasteiger charge is -2.33. The van der Waals surface area contributed by atoms with Crippen LogP contribution in [0.5, 0.6) is 5.75 Å². The topological polar surface area (TPSA) is 75.7 Å². The second kappa shape index (κ2) is 13.6.